The molecule has 1 unspecified atom stereocenters. The third kappa shape index (κ3) is 2.36. The Morgan fingerprint density at radius 3 is 2.35 bits per heavy atom. The minimum absolute atomic E-state index is 0.0384. The average molecular weight is 240 g/mol. The van der Waals surface area contributed by atoms with Crippen LogP contribution in [0.25, 0.3) is 0 Å². The largest absolute Gasteiger partial charge is 0.369 e. The smallest absolute Gasteiger partial charge is 0.320 e. The van der Waals surface area contributed by atoms with Gasteiger partial charge in [-0.2, -0.15) is 0 Å². The first-order chi connectivity index (χ1) is 8.03. The number of piperazine rings is 1. The highest BCUT2D eigenvalue weighted by Gasteiger charge is 2.41. The van der Waals surface area contributed by atoms with Crippen LogP contribution >= 0.6 is 0 Å². The zero-order chi connectivity index (χ0) is 12.5. The van der Waals surface area contributed by atoms with E-state index < -0.39 is 5.41 Å². The predicted octanol–water partition coefficient (Wildman–Crippen LogP) is -0.791. The van der Waals surface area contributed by atoms with E-state index in [1.54, 1.807) is 4.90 Å². The summed E-state index contributed by atoms with van der Waals surface area (Å²) >= 11 is 0. The van der Waals surface area contributed by atoms with Gasteiger partial charge in [-0.3, -0.25) is 4.79 Å². The Morgan fingerprint density at radius 2 is 1.82 bits per heavy atom. The Kier molecular flexibility index (Phi) is 3.24. The van der Waals surface area contributed by atoms with Gasteiger partial charge in [-0.05, 0) is 13.3 Å². The Labute approximate surface area is 101 Å². The van der Waals surface area contributed by atoms with Crippen molar-refractivity contribution < 1.29 is 9.59 Å². The second kappa shape index (κ2) is 4.52. The maximum Gasteiger partial charge on any atom is 0.320 e. The van der Waals surface area contributed by atoms with Gasteiger partial charge in [0.2, 0.25) is 5.91 Å². The minimum Gasteiger partial charge on any atom is -0.369 e. The topological polar surface area (TPSA) is 78.7 Å². The molecule has 0 aromatic carbocycles. The molecule has 0 aromatic rings. The summed E-state index contributed by atoms with van der Waals surface area (Å²) in [5.74, 6) is -0.312. The Hall–Kier alpha value is -1.30. The summed E-state index contributed by atoms with van der Waals surface area (Å²) in [6, 6.07) is 0.0384. The number of nitrogens with one attached hydrogen (secondary N) is 1. The van der Waals surface area contributed by atoms with Crippen LogP contribution in [0.1, 0.15) is 13.3 Å². The first-order valence-electron chi connectivity index (χ1n) is 6.07. The standard InChI is InChI=1S/C11H20N4O2/c1-11(9(12)16)2-5-15(8-11)10(17)14-6-3-13-4-7-14/h13H,2-8H2,1H3,(H2,12,16). The summed E-state index contributed by atoms with van der Waals surface area (Å²) in [5, 5.41) is 3.21. The quantitative estimate of drug-likeness (QED) is 0.630. The second-order valence-corrected chi connectivity index (χ2v) is 5.12. The maximum atomic E-state index is 12.2. The Bertz CT molecular complexity index is 327. The van der Waals surface area contributed by atoms with Crippen LogP contribution < -0.4 is 11.1 Å². The van der Waals surface area contributed by atoms with E-state index in [9.17, 15) is 9.59 Å². The van der Waals surface area contributed by atoms with Gasteiger partial charge in [-0.15, -0.1) is 0 Å². The monoisotopic (exact) mass is 240 g/mol. The van der Waals surface area contributed by atoms with Crippen molar-refractivity contribution in [2.24, 2.45) is 11.1 Å². The van der Waals surface area contributed by atoms with Crippen LogP contribution in [0.2, 0.25) is 0 Å². The lowest BCUT2D eigenvalue weighted by Gasteiger charge is -2.32. The van der Waals surface area contributed by atoms with E-state index >= 15 is 0 Å². The van der Waals surface area contributed by atoms with E-state index in [0.29, 0.717) is 19.5 Å². The fourth-order valence-corrected chi connectivity index (χ4v) is 2.38. The van der Waals surface area contributed by atoms with Crippen molar-refractivity contribution in [1.29, 1.82) is 0 Å². The zero-order valence-electron chi connectivity index (χ0n) is 10.2. The number of carbonyl (C=O) groups excluding carboxylic acids is 2. The number of rotatable bonds is 1. The van der Waals surface area contributed by atoms with Crippen LogP contribution in [0.3, 0.4) is 0 Å². The molecule has 3 amide bonds. The zero-order valence-corrected chi connectivity index (χ0v) is 10.2. The summed E-state index contributed by atoms with van der Waals surface area (Å²) in [7, 11) is 0. The molecule has 2 saturated heterocycles. The van der Waals surface area contributed by atoms with Crippen LogP contribution in [0, 0.1) is 5.41 Å². The molecule has 0 bridgehead atoms. The van der Waals surface area contributed by atoms with Crippen LogP contribution in [0.5, 0.6) is 0 Å². The second-order valence-electron chi connectivity index (χ2n) is 5.12. The van der Waals surface area contributed by atoms with Crippen LogP contribution in [-0.4, -0.2) is 61.0 Å². The molecular formula is C11H20N4O2. The maximum absolute atomic E-state index is 12.2. The van der Waals surface area contributed by atoms with E-state index in [2.05, 4.69) is 5.32 Å². The van der Waals surface area contributed by atoms with Gasteiger partial charge in [0.25, 0.3) is 0 Å². The Morgan fingerprint density at radius 1 is 1.18 bits per heavy atom. The fraction of sp³-hybridized carbons (Fsp3) is 0.818. The van der Waals surface area contributed by atoms with Gasteiger partial charge in [0.05, 0.1) is 5.41 Å². The molecule has 6 heteroatoms. The van der Waals surface area contributed by atoms with Crippen LogP contribution in [0.4, 0.5) is 4.79 Å². The SMILES string of the molecule is CC1(C(N)=O)CCN(C(=O)N2CCNCC2)C1. The third-order valence-electron chi connectivity index (χ3n) is 3.73. The van der Waals surface area contributed by atoms with Gasteiger partial charge in [-0.25, -0.2) is 4.79 Å². The van der Waals surface area contributed by atoms with Crippen molar-refractivity contribution in [2.45, 2.75) is 13.3 Å². The summed E-state index contributed by atoms with van der Waals surface area (Å²) in [6.07, 6.45) is 0.667. The lowest BCUT2D eigenvalue weighted by Crippen LogP contribution is -2.51. The summed E-state index contributed by atoms with van der Waals surface area (Å²) in [5.41, 5.74) is 4.82. The van der Waals surface area contributed by atoms with Crippen molar-refractivity contribution in [3.63, 3.8) is 0 Å². The number of likely N-dealkylation sites (tertiary alicyclic amines) is 1. The lowest BCUT2D eigenvalue weighted by atomic mass is 9.89. The van der Waals surface area contributed by atoms with E-state index in [0.717, 1.165) is 26.2 Å². The number of hydrogen-bond donors (Lipinski definition) is 2. The van der Waals surface area contributed by atoms with Gasteiger partial charge in [0, 0.05) is 39.3 Å². The molecule has 2 aliphatic rings. The van der Waals surface area contributed by atoms with E-state index in [1.165, 1.54) is 0 Å². The number of nitrogens with two attached hydrogens (primary N) is 1. The number of hydrogen-bond acceptors (Lipinski definition) is 3. The molecule has 1 atom stereocenters. The molecule has 3 N–H and O–H groups in total. The van der Waals surface area contributed by atoms with Crippen LogP contribution in [0.15, 0.2) is 0 Å². The van der Waals surface area contributed by atoms with Gasteiger partial charge in [0.1, 0.15) is 0 Å². The van der Waals surface area contributed by atoms with Gasteiger partial charge in [0.15, 0.2) is 0 Å². The lowest BCUT2D eigenvalue weighted by molar-refractivity contribution is -0.126. The number of urea groups is 1. The minimum atomic E-state index is -0.552. The first-order valence-corrected chi connectivity index (χ1v) is 6.07. The van der Waals surface area contributed by atoms with Crippen molar-refractivity contribution in [3.8, 4) is 0 Å². The molecule has 2 heterocycles. The van der Waals surface area contributed by atoms with Crippen molar-refractivity contribution in [2.75, 3.05) is 39.3 Å². The van der Waals surface area contributed by atoms with Crippen LogP contribution in [-0.2, 0) is 4.79 Å². The molecule has 2 rings (SSSR count). The van der Waals surface area contributed by atoms with E-state index in [4.69, 9.17) is 5.73 Å². The van der Waals surface area contributed by atoms with E-state index in [1.807, 2.05) is 11.8 Å². The number of nitrogens with zero attached hydrogens (tertiary/aromatic N) is 2. The van der Waals surface area contributed by atoms with E-state index in [-0.39, 0.29) is 11.9 Å². The highest BCUT2D eigenvalue weighted by atomic mass is 16.2. The molecular weight excluding hydrogens is 220 g/mol. The molecule has 6 nitrogen and oxygen atoms in total. The van der Waals surface area contributed by atoms with Gasteiger partial charge >= 0.3 is 6.03 Å². The van der Waals surface area contributed by atoms with Crippen molar-refractivity contribution in [3.05, 3.63) is 0 Å². The Balaban J connectivity index is 1.95. The average Bonchev–Trinajstić information content (AvgIpc) is 2.74. The summed E-state index contributed by atoms with van der Waals surface area (Å²) < 4.78 is 0. The summed E-state index contributed by atoms with van der Waals surface area (Å²) in [4.78, 5) is 27.1. The first kappa shape index (κ1) is 12.2. The highest BCUT2D eigenvalue weighted by Crippen LogP contribution is 2.29. The third-order valence-corrected chi connectivity index (χ3v) is 3.73. The predicted molar refractivity (Wildman–Crippen MR) is 63.3 cm³/mol. The number of carbonyl (C=O) groups is 2. The highest BCUT2D eigenvalue weighted by molar-refractivity contribution is 5.83. The fourth-order valence-electron chi connectivity index (χ4n) is 2.38. The van der Waals surface area contributed by atoms with Crippen molar-refractivity contribution >= 4 is 11.9 Å². The van der Waals surface area contributed by atoms with Crippen molar-refractivity contribution in [1.82, 2.24) is 15.1 Å². The molecule has 0 aromatic heterocycles. The molecule has 2 fully saturated rings. The van der Waals surface area contributed by atoms with Gasteiger partial charge < -0.3 is 20.9 Å². The molecule has 0 spiro atoms. The molecule has 0 aliphatic carbocycles. The normalized spacial score (nSPS) is 29.5. The number of primary amides is 1. The van der Waals surface area contributed by atoms with Gasteiger partial charge in [-0.1, -0.05) is 0 Å². The molecule has 17 heavy (non-hydrogen) atoms. The number of amides is 3. The summed E-state index contributed by atoms with van der Waals surface area (Å²) in [6.45, 7) is 6.07. The molecule has 2 aliphatic heterocycles. The molecule has 96 valence electrons. The molecule has 0 radical (unpaired) electrons. The molecule has 0 saturated carbocycles.